The number of alkyl halides is 1. The highest BCUT2D eigenvalue weighted by Gasteiger charge is 2.27. The maximum absolute atomic E-state index is 13.1. The third kappa shape index (κ3) is 3.97. The van der Waals surface area contributed by atoms with Gasteiger partial charge in [0, 0.05) is 11.6 Å². The minimum Gasteiger partial charge on any atom is -0.489 e. The van der Waals surface area contributed by atoms with E-state index in [1.807, 2.05) is 24.3 Å². The van der Waals surface area contributed by atoms with E-state index in [-0.39, 0.29) is 25.1 Å². The SMILES string of the molecule is O=C(OCCOc1ccnc2ccccc12)C1CCC(F)CC1. The Morgan fingerprint density at radius 3 is 2.74 bits per heavy atom. The molecule has 0 N–H and O–H groups in total. The molecule has 5 heteroatoms. The molecule has 1 saturated carbocycles. The van der Waals surface area contributed by atoms with Gasteiger partial charge in [0.15, 0.2) is 0 Å². The number of pyridine rings is 1. The van der Waals surface area contributed by atoms with Crippen LogP contribution in [0.15, 0.2) is 36.5 Å². The van der Waals surface area contributed by atoms with Crippen molar-refractivity contribution in [3.05, 3.63) is 36.5 Å². The molecule has 1 aromatic heterocycles. The van der Waals surface area contributed by atoms with E-state index in [1.165, 1.54) is 0 Å². The van der Waals surface area contributed by atoms with Crippen LogP contribution in [0.25, 0.3) is 10.9 Å². The van der Waals surface area contributed by atoms with Gasteiger partial charge in [-0.25, -0.2) is 4.39 Å². The standard InChI is InChI=1S/C18H20FNO3/c19-14-7-5-13(6-8-14)18(21)23-12-11-22-17-9-10-20-16-4-2-1-3-15(16)17/h1-4,9-10,13-14H,5-8,11-12H2. The number of carbonyl (C=O) groups is 1. The first-order chi connectivity index (χ1) is 11.2. The quantitative estimate of drug-likeness (QED) is 0.623. The number of hydrogen-bond donors (Lipinski definition) is 0. The fourth-order valence-corrected chi connectivity index (χ4v) is 2.90. The Morgan fingerprint density at radius 2 is 1.91 bits per heavy atom. The molecule has 3 rings (SSSR count). The van der Waals surface area contributed by atoms with Crippen LogP contribution >= 0.6 is 0 Å². The number of para-hydroxylation sites is 1. The number of halogens is 1. The monoisotopic (exact) mass is 317 g/mol. The second-order valence-corrected chi connectivity index (χ2v) is 5.79. The number of nitrogens with zero attached hydrogens (tertiary/aromatic N) is 1. The number of rotatable bonds is 5. The van der Waals surface area contributed by atoms with Crippen LogP contribution in [0, 0.1) is 5.92 Å². The second kappa shape index (κ2) is 7.40. The van der Waals surface area contributed by atoms with Crippen molar-refractivity contribution >= 4 is 16.9 Å². The Bertz CT molecular complexity index is 663. The molecule has 122 valence electrons. The lowest BCUT2D eigenvalue weighted by molar-refractivity contribution is -0.150. The molecule has 4 nitrogen and oxygen atoms in total. The highest BCUT2D eigenvalue weighted by atomic mass is 19.1. The zero-order chi connectivity index (χ0) is 16.1. The smallest absolute Gasteiger partial charge is 0.309 e. The lowest BCUT2D eigenvalue weighted by Crippen LogP contribution is -2.25. The second-order valence-electron chi connectivity index (χ2n) is 5.79. The lowest BCUT2D eigenvalue weighted by Gasteiger charge is -2.22. The average molecular weight is 317 g/mol. The maximum Gasteiger partial charge on any atom is 0.309 e. The van der Waals surface area contributed by atoms with Gasteiger partial charge in [0.25, 0.3) is 0 Å². The summed E-state index contributed by atoms with van der Waals surface area (Å²) in [5.41, 5.74) is 0.866. The van der Waals surface area contributed by atoms with Crippen molar-refractivity contribution in [2.75, 3.05) is 13.2 Å². The minimum atomic E-state index is -0.762. The maximum atomic E-state index is 13.1. The average Bonchev–Trinajstić information content (AvgIpc) is 2.59. The van der Waals surface area contributed by atoms with Gasteiger partial charge >= 0.3 is 5.97 Å². The van der Waals surface area contributed by atoms with Gasteiger partial charge in [-0.3, -0.25) is 9.78 Å². The molecule has 1 aliphatic carbocycles. The Balaban J connectivity index is 1.47. The largest absolute Gasteiger partial charge is 0.489 e. The highest BCUT2D eigenvalue weighted by Crippen LogP contribution is 2.27. The van der Waals surface area contributed by atoms with E-state index in [1.54, 1.807) is 12.3 Å². The van der Waals surface area contributed by atoms with Crippen LogP contribution in [0.5, 0.6) is 5.75 Å². The van der Waals surface area contributed by atoms with Crippen molar-refractivity contribution in [3.63, 3.8) is 0 Å². The van der Waals surface area contributed by atoms with Crippen molar-refractivity contribution in [2.24, 2.45) is 5.92 Å². The molecular weight excluding hydrogens is 297 g/mol. The van der Waals surface area contributed by atoms with Crippen LogP contribution < -0.4 is 4.74 Å². The Labute approximate surface area is 134 Å². The van der Waals surface area contributed by atoms with Gasteiger partial charge in [-0.2, -0.15) is 0 Å². The summed E-state index contributed by atoms with van der Waals surface area (Å²) >= 11 is 0. The van der Waals surface area contributed by atoms with Crippen LogP contribution in [-0.4, -0.2) is 30.3 Å². The van der Waals surface area contributed by atoms with E-state index < -0.39 is 6.17 Å². The van der Waals surface area contributed by atoms with Crippen molar-refractivity contribution in [1.29, 1.82) is 0 Å². The zero-order valence-corrected chi connectivity index (χ0v) is 12.9. The summed E-state index contributed by atoms with van der Waals surface area (Å²) in [6.07, 6.45) is 3.01. The number of aromatic nitrogens is 1. The number of carbonyl (C=O) groups excluding carboxylic acids is 1. The molecule has 1 fully saturated rings. The van der Waals surface area contributed by atoms with Gasteiger partial charge in [0.05, 0.1) is 11.4 Å². The van der Waals surface area contributed by atoms with Crippen molar-refractivity contribution in [1.82, 2.24) is 4.98 Å². The van der Waals surface area contributed by atoms with Crippen molar-refractivity contribution in [2.45, 2.75) is 31.9 Å². The van der Waals surface area contributed by atoms with Crippen LogP contribution in [0.2, 0.25) is 0 Å². The molecule has 0 radical (unpaired) electrons. The van der Waals surface area contributed by atoms with E-state index in [4.69, 9.17) is 9.47 Å². The van der Waals surface area contributed by atoms with Crippen molar-refractivity contribution in [3.8, 4) is 5.75 Å². The Kier molecular flexibility index (Phi) is 5.05. The number of fused-ring (bicyclic) bond motifs is 1. The first kappa shape index (κ1) is 15.7. The molecule has 1 aliphatic rings. The third-order valence-electron chi connectivity index (χ3n) is 4.18. The first-order valence-corrected chi connectivity index (χ1v) is 8.01. The zero-order valence-electron chi connectivity index (χ0n) is 12.9. The molecule has 2 aromatic rings. The molecule has 1 aromatic carbocycles. The third-order valence-corrected chi connectivity index (χ3v) is 4.18. The first-order valence-electron chi connectivity index (χ1n) is 8.01. The van der Waals surface area contributed by atoms with Crippen LogP contribution in [0.3, 0.4) is 0 Å². The lowest BCUT2D eigenvalue weighted by atomic mass is 9.88. The minimum absolute atomic E-state index is 0.163. The summed E-state index contributed by atoms with van der Waals surface area (Å²) in [6, 6.07) is 9.51. The Morgan fingerprint density at radius 1 is 1.13 bits per heavy atom. The summed E-state index contributed by atoms with van der Waals surface area (Å²) in [5, 5.41) is 0.933. The molecule has 0 saturated heterocycles. The molecule has 0 bridgehead atoms. The van der Waals surface area contributed by atoms with Gasteiger partial charge in [0.2, 0.25) is 0 Å². The molecule has 0 atom stereocenters. The fraction of sp³-hybridized carbons (Fsp3) is 0.444. The summed E-state index contributed by atoms with van der Waals surface area (Å²) in [5.74, 6) is 0.327. The van der Waals surface area contributed by atoms with Gasteiger partial charge < -0.3 is 9.47 Å². The topological polar surface area (TPSA) is 48.4 Å². The van der Waals surface area contributed by atoms with E-state index >= 15 is 0 Å². The number of hydrogen-bond acceptors (Lipinski definition) is 4. The highest BCUT2D eigenvalue weighted by molar-refractivity contribution is 5.84. The normalized spacial score (nSPS) is 21.1. The molecule has 0 aliphatic heterocycles. The van der Waals surface area contributed by atoms with E-state index in [2.05, 4.69) is 4.98 Å². The van der Waals surface area contributed by atoms with E-state index in [0.717, 1.165) is 16.7 Å². The molecule has 0 spiro atoms. The molecule has 0 amide bonds. The predicted octanol–water partition coefficient (Wildman–Crippen LogP) is 3.69. The van der Waals surface area contributed by atoms with Crippen LogP contribution in [0.1, 0.15) is 25.7 Å². The molecule has 1 heterocycles. The van der Waals surface area contributed by atoms with Crippen LogP contribution in [0.4, 0.5) is 4.39 Å². The Hall–Kier alpha value is -2.17. The molecular formula is C18H20FNO3. The summed E-state index contributed by atoms with van der Waals surface area (Å²) in [6.45, 7) is 0.489. The van der Waals surface area contributed by atoms with E-state index in [9.17, 15) is 9.18 Å². The fourth-order valence-electron chi connectivity index (χ4n) is 2.90. The number of ether oxygens (including phenoxy) is 2. The van der Waals surface area contributed by atoms with Gasteiger partial charge in [-0.05, 0) is 43.9 Å². The van der Waals surface area contributed by atoms with Gasteiger partial charge in [0.1, 0.15) is 25.1 Å². The summed E-state index contributed by atoms with van der Waals surface area (Å²) in [4.78, 5) is 16.2. The number of esters is 1. The predicted molar refractivity (Wildman–Crippen MR) is 85.1 cm³/mol. The molecule has 0 unspecified atom stereocenters. The van der Waals surface area contributed by atoms with Crippen LogP contribution in [-0.2, 0) is 9.53 Å². The van der Waals surface area contributed by atoms with Gasteiger partial charge in [-0.15, -0.1) is 0 Å². The van der Waals surface area contributed by atoms with Gasteiger partial charge in [-0.1, -0.05) is 12.1 Å². The summed E-state index contributed by atoms with van der Waals surface area (Å²) in [7, 11) is 0. The molecule has 23 heavy (non-hydrogen) atoms. The van der Waals surface area contributed by atoms with Crippen molar-refractivity contribution < 1.29 is 18.7 Å². The number of benzene rings is 1. The summed E-state index contributed by atoms with van der Waals surface area (Å²) < 4.78 is 24.0. The van der Waals surface area contributed by atoms with E-state index in [0.29, 0.717) is 25.7 Å².